The fourth-order valence-electron chi connectivity index (χ4n) is 4.07. The van der Waals surface area contributed by atoms with Crippen molar-refractivity contribution in [2.24, 2.45) is 5.92 Å². The lowest BCUT2D eigenvalue weighted by Gasteiger charge is -2.39. The summed E-state index contributed by atoms with van der Waals surface area (Å²) in [5.74, 6) is 0.256. The number of carbonyl (C=O) groups is 2. The van der Waals surface area contributed by atoms with Gasteiger partial charge in [-0.15, -0.1) is 12.4 Å². The van der Waals surface area contributed by atoms with Crippen LogP contribution in [0.4, 0.5) is 0 Å². The molecule has 5 nitrogen and oxygen atoms in total. The Morgan fingerprint density at radius 2 is 1.91 bits per heavy atom. The quantitative estimate of drug-likeness (QED) is 0.833. The summed E-state index contributed by atoms with van der Waals surface area (Å²) in [6.45, 7) is 6.48. The van der Waals surface area contributed by atoms with Crippen molar-refractivity contribution >= 4 is 24.2 Å². The zero-order chi connectivity index (χ0) is 15.0. The van der Waals surface area contributed by atoms with Crippen molar-refractivity contribution in [3.8, 4) is 0 Å². The van der Waals surface area contributed by atoms with Gasteiger partial charge in [-0.3, -0.25) is 9.59 Å². The van der Waals surface area contributed by atoms with Crippen LogP contribution in [0.15, 0.2) is 0 Å². The molecule has 1 saturated carbocycles. The number of piperazine rings is 1. The van der Waals surface area contributed by atoms with Gasteiger partial charge in [0.1, 0.15) is 0 Å². The van der Waals surface area contributed by atoms with Gasteiger partial charge in [0.2, 0.25) is 11.8 Å². The first-order valence-corrected chi connectivity index (χ1v) is 8.41. The van der Waals surface area contributed by atoms with Gasteiger partial charge in [0, 0.05) is 44.2 Å². The fourth-order valence-corrected chi connectivity index (χ4v) is 4.07. The number of likely N-dealkylation sites (tertiary alicyclic amines) is 1. The molecule has 0 aromatic carbocycles. The average Bonchev–Trinajstić information content (AvgIpc) is 3.10. The van der Waals surface area contributed by atoms with Gasteiger partial charge >= 0.3 is 0 Å². The third-order valence-electron chi connectivity index (χ3n) is 5.59. The number of nitrogens with zero attached hydrogens (tertiary/aromatic N) is 2. The normalized spacial score (nSPS) is 33.2. The zero-order valence-electron chi connectivity index (χ0n) is 13.6. The van der Waals surface area contributed by atoms with Crippen molar-refractivity contribution in [2.75, 3.05) is 19.6 Å². The molecule has 3 aliphatic rings. The number of rotatable bonds is 2. The lowest BCUT2D eigenvalue weighted by molar-refractivity contribution is -0.139. The van der Waals surface area contributed by atoms with Crippen LogP contribution in [-0.4, -0.2) is 59.4 Å². The Hall–Kier alpha value is -0.810. The Bertz CT molecular complexity index is 426. The molecular weight excluding hydrogens is 302 g/mol. The number of hydrogen-bond acceptors (Lipinski definition) is 3. The summed E-state index contributed by atoms with van der Waals surface area (Å²) in [6.07, 6.45) is 5.10. The molecule has 3 unspecified atom stereocenters. The average molecular weight is 330 g/mol. The van der Waals surface area contributed by atoms with Gasteiger partial charge in [-0.1, -0.05) is 12.8 Å². The second-order valence-electron chi connectivity index (χ2n) is 6.90. The highest BCUT2D eigenvalue weighted by molar-refractivity contribution is 5.89. The van der Waals surface area contributed by atoms with Gasteiger partial charge < -0.3 is 15.1 Å². The molecule has 6 heteroatoms. The minimum Gasteiger partial charge on any atom is -0.339 e. The van der Waals surface area contributed by atoms with E-state index in [1.807, 2.05) is 9.80 Å². The van der Waals surface area contributed by atoms with Gasteiger partial charge in [-0.2, -0.15) is 0 Å². The Balaban J connectivity index is 0.00000176. The van der Waals surface area contributed by atoms with Gasteiger partial charge in [0.25, 0.3) is 0 Å². The van der Waals surface area contributed by atoms with E-state index in [0.717, 1.165) is 25.9 Å². The summed E-state index contributed by atoms with van der Waals surface area (Å²) >= 11 is 0. The lowest BCUT2D eigenvalue weighted by atomic mass is 10.0. The maximum atomic E-state index is 12.8. The first kappa shape index (κ1) is 17.5. The molecule has 0 aromatic rings. The highest BCUT2D eigenvalue weighted by Crippen LogP contribution is 2.30. The van der Waals surface area contributed by atoms with Crippen LogP contribution < -0.4 is 5.32 Å². The number of halogens is 1. The largest absolute Gasteiger partial charge is 0.339 e. The van der Waals surface area contributed by atoms with Crippen LogP contribution in [0.1, 0.15) is 46.0 Å². The first-order valence-electron chi connectivity index (χ1n) is 8.41. The minimum absolute atomic E-state index is 0. The molecule has 0 radical (unpaired) electrons. The third kappa shape index (κ3) is 3.25. The summed E-state index contributed by atoms with van der Waals surface area (Å²) in [5.41, 5.74) is 0. The van der Waals surface area contributed by atoms with Crippen molar-refractivity contribution in [2.45, 2.75) is 64.1 Å². The Morgan fingerprint density at radius 3 is 2.59 bits per heavy atom. The molecule has 1 N–H and O–H groups in total. The molecule has 22 heavy (non-hydrogen) atoms. The molecule has 2 aliphatic heterocycles. The molecule has 0 spiro atoms. The molecule has 0 bridgehead atoms. The van der Waals surface area contributed by atoms with E-state index in [0.29, 0.717) is 25.0 Å². The summed E-state index contributed by atoms with van der Waals surface area (Å²) < 4.78 is 0. The predicted molar refractivity (Wildman–Crippen MR) is 88.0 cm³/mol. The Kier molecular flexibility index (Phi) is 5.72. The number of nitrogens with one attached hydrogen (secondary N) is 1. The van der Waals surface area contributed by atoms with E-state index in [1.165, 1.54) is 12.8 Å². The van der Waals surface area contributed by atoms with E-state index >= 15 is 0 Å². The number of amides is 2. The number of hydrogen-bond donors (Lipinski definition) is 1. The van der Waals surface area contributed by atoms with Crippen molar-refractivity contribution in [1.82, 2.24) is 15.1 Å². The topological polar surface area (TPSA) is 52.7 Å². The highest BCUT2D eigenvalue weighted by atomic mass is 35.5. The van der Waals surface area contributed by atoms with Gasteiger partial charge in [-0.25, -0.2) is 0 Å². The summed E-state index contributed by atoms with van der Waals surface area (Å²) in [6, 6.07) is 0.933. The molecule has 0 aromatic heterocycles. The van der Waals surface area contributed by atoms with Gasteiger partial charge in [0.15, 0.2) is 0 Å². The third-order valence-corrected chi connectivity index (χ3v) is 5.59. The summed E-state index contributed by atoms with van der Waals surface area (Å²) in [4.78, 5) is 29.0. The van der Waals surface area contributed by atoms with Crippen LogP contribution in [0.2, 0.25) is 0 Å². The van der Waals surface area contributed by atoms with Crippen LogP contribution >= 0.6 is 12.4 Å². The monoisotopic (exact) mass is 329 g/mol. The fraction of sp³-hybridized carbons (Fsp3) is 0.875. The van der Waals surface area contributed by atoms with Crippen LogP contribution in [-0.2, 0) is 9.59 Å². The standard InChI is InChI=1S/C16H27N3O2.ClH/c1-11-12(2)18(8-7-17-11)16(21)13-9-15(20)19(10-13)14-5-3-4-6-14;/h11-14,17H,3-10H2,1-2H3;1H. The molecule has 3 fully saturated rings. The van der Waals surface area contributed by atoms with Crippen LogP contribution in [0.5, 0.6) is 0 Å². The molecule has 2 saturated heterocycles. The van der Waals surface area contributed by atoms with E-state index in [1.54, 1.807) is 0 Å². The molecule has 126 valence electrons. The molecule has 1 aliphatic carbocycles. The van der Waals surface area contributed by atoms with Gasteiger partial charge in [-0.05, 0) is 26.7 Å². The Morgan fingerprint density at radius 1 is 1.23 bits per heavy atom. The van der Waals surface area contributed by atoms with E-state index in [2.05, 4.69) is 19.2 Å². The van der Waals surface area contributed by atoms with Crippen LogP contribution in [0.25, 0.3) is 0 Å². The second kappa shape index (κ2) is 7.18. The van der Waals surface area contributed by atoms with E-state index in [9.17, 15) is 9.59 Å². The maximum Gasteiger partial charge on any atom is 0.228 e. The van der Waals surface area contributed by atoms with E-state index in [4.69, 9.17) is 0 Å². The van der Waals surface area contributed by atoms with Crippen molar-refractivity contribution < 1.29 is 9.59 Å². The second-order valence-corrected chi connectivity index (χ2v) is 6.90. The molecule has 3 atom stereocenters. The highest BCUT2D eigenvalue weighted by Gasteiger charge is 2.41. The Labute approximate surface area is 139 Å². The SMILES string of the molecule is CC1NCCN(C(=O)C2CC(=O)N(C3CCCC3)C2)C1C.Cl. The molecule has 2 heterocycles. The summed E-state index contributed by atoms with van der Waals surface area (Å²) in [5, 5.41) is 3.40. The van der Waals surface area contributed by atoms with Crippen LogP contribution in [0.3, 0.4) is 0 Å². The molecular formula is C16H28ClN3O2. The molecule has 3 rings (SSSR count). The van der Waals surface area contributed by atoms with Gasteiger partial charge in [0.05, 0.1) is 5.92 Å². The van der Waals surface area contributed by atoms with Crippen molar-refractivity contribution in [1.29, 1.82) is 0 Å². The predicted octanol–water partition coefficient (Wildman–Crippen LogP) is 1.41. The first-order chi connectivity index (χ1) is 10.1. The van der Waals surface area contributed by atoms with Crippen molar-refractivity contribution in [3.63, 3.8) is 0 Å². The molecule has 2 amide bonds. The number of carbonyl (C=O) groups excluding carboxylic acids is 2. The minimum atomic E-state index is -0.120. The van der Waals surface area contributed by atoms with Crippen LogP contribution in [0, 0.1) is 5.92 Å². The summed E-state index contributed by atoms with van der Waals surface area (Å²) in [7, 11) is 0. The van der Waals surface area contributed by atoms with Crippen molar-refractivity contribution in [3.05, 3.63) is 0 Å². The van der Waals surface area contributed by atoms with E-state index < -0.39 is 0 Å². The lowest BCUT2D eigenvalue weighted by Crippen LogP contribution is -2.58. The zero-order valence-corrected chi connectivity index (χ0v) is 14.4. The van der Waals surface area contributed by atoms with E-state index in [-0.39, 0.29) is 36.2 Å². The smallest absolute Gasteiger partial charge is 0.228 e. The maximum absolute atomic E-state index is 12.8.